The van der Waals surface area contributed by atoms with Crippen LogP contribution in [0.5, 0.6) is 0 Å². The fourth-order valence-corrected chi connectivity index (χ4v) is 3.82. The van der Waals surface area contributed by atoms with Crippen molar-refractivity contribution in [3.8, 4) is 22.7 Å². The maximum Gasteiger partial charge on any atom is 0.314 e. The van der Waals surface area contributed by atoms with E-state index in [9.17, 15) is 17.6 Å². The van der Waals surface area contributed by atoms with E-state index in [1.165, 1.54) is 16.9 Å². The molecule has 5 rings (SSSR count). The van der Waals surface area contributed by atoms with Gasteiger partial charge in [0.05, 0.1) is 24.0 Å². The van der Waals surface area contributed by atoms with Crippen molar-refractivity contribution in [3.05, 3.63) is 65.4 Å². The van der Waals surface area contributed by atoms with E-state index in [0.717, 1.165) is 32.0 Å². The van der Waals surface area contributed by atoms with Crippen LogP contribution in [0.3, 0.4) is 0 Å². The SMILES string of the molecule is Fc1cc(-c2cn(Cc3ncc(-c4nnc(C(F)F)o4)cc3F)nn2)ccc1CN1CCCC1. The number of pyridine rings is 1. The van der Waals surface area contributed by atoms with Crippen molar-refractivity contribution < 1.29 is 22.0 Å². The Morgan fingerprint density at radius 3 is 2.44 bits per heavy atom. The highest BCUT2D eigenvalue weighted by Gasteiger charge is 2.19. The van der Waals surface area contributed by atoms with Crippen LogP contribution in [0, 0.1) is 11.6 Å². The van der Waals surface area contributed by atoms with Gasteiger partial charge in [-0.25, -0.2) is 13.5 Å². The Morgan fingerprint density at radius 1 is 0.941 bits per heavy atom. The third-order valence-corrected chi connectivity index (χ3v) is 5.58. The third-order valence-electron chi connectivity index (χ3n) is 5.58. The first-order valence-electron chi connectivity index (χ1n) is 10.6. The number of halogens is 4. The molecule has 0 N–H and O–H groups in total. The Hall–Kier alpha value is -3.67. The molecule has 1 aromatic carbocycles. The molecule has 1 saturated heterocycles. The molecule has 0 saturated carbocycles. The lowest BCUT2D eigenvalue weighted by Crippen LogP contribution is -2.19. The second-order valence-electron chi connectivity index (χ2n) is 7.99. The molecule has 0 amide bonds. The minimum absolute atomic E-state index is 0.0409. The van der Waals surface area contributed by atoms with E-state index in [2.05, 4.69) is 30.4 Å². The topological polar surface area (TPSA) is 85.8 Å². The van der Waals surface area contributed by atoms with Gasteiger partial charge in [0.1, 0.15) is 17.3 Å². The first-order chi connectivity index (χ1) is 16.5. The van der Waals surface area contributed by atoms with Crippen molar-refractivity contribution in [2.24, 2.45) is 0 Å². The summed E-state index contributed by atoms with van der Waals surface area (Å²) in [5.74, 6) is -2.12. The van der Waals surface area contributed by atoms with E-state index in [4.69, 9.17) is 4.42 Å². The summed E-state index contributed by atoms with van der Waals surface area (Å²) in [6, 6.07) is 6.02. The average molecular weight is 473 g/mol. The van der Waals surface area contributed by atoms with Crippen LogP contribution in [0.1, 0.15) is 36.4 Å². The highest BCUT2D eigenvalue weighted by atomic mass is 19.3. The predicted octanol–water partition coefficient (Wildman–Crippen LogP) is 4.25. The second kappa shape index (κ2) is 9.29. The number of rotatable bonds is 7. The fraction of sp³-hybridized carbons (Fsp3) is 0.318. The van der Waals surface area contributed by atoms with E-state index in [1.807, 2.05) is 0 Å². The minimum atomic E-state index is -2.92. The Morgan fingerprint density at radius 2 is 1.74 bits per heavy atom. The Labute approximate surface area is 191 Å². The van der Waals surface area contributed by atoms with Crippen molar-refractivity contribution in [1.82, 2.24) is 35.1 Å². The molecule has 8 nitrogen and oxygen atoms in total. The first kappa shape index (κ1) is 22.1. The lowest BCUT2D eigenvalue weighted by atomic mass is 10.1. The molecule has 1 aliphatic heterocycles. The van der Waals surface area contributed by atoms with Gasteiger partial charge in [-0.05, 0) is 38.1 Å². The van der Waals surface area contributed by atoms with Crippen LogP contribution in [-0.2, 0) is 13.1 Å². The zero-order chi connectivity index (χ0) is 23.7. The lowest BCUT2D eigenvalue weighted by molar-refractivity contribution is 0.116. The molecular weight excluding hydrogens is 454 g/mol. The van der Waals surface area contributed by atoms with Crippen molar-refractivity contribution >= 4 is 0 Å². The van der Waals surface area contributed by atoms with Gasteiger partial charge >= 0.3 is 6.43 Å². The fourth-order valence-electron chi connectivity index (χ4n) is 3.82. The van der Waals surface area contributed by atoms with Crippen molar-refractivity contribution in [2.75, 3.05) is 13.1 Å². The van der Waals surface area contributed by atoms with Crippen LogP contribution in [0.25, 0.3) is 22.7 Å². The molecule has 0 atom stereocenters. The molecule has 34 heavy (non-hydrogen) atoms. The molecule has 4 aromatic rings. The van der Waals surface area contributed by atoms with Crippen LogP contribution in [0.15, 0.2) is 41.1 Å². The van der Waals surface area contributed by atoms with Crippen molar-refractivity contribution in [2.45, 2.75) is 32.4 Å². The highest BCUT2D eigenvalue weighted by molar-refractivity contribution is 5.58. The molecule has 0 aliphatic carbocycles. The van der Waals surface area contributed by atoms with E-state index < -0.39 is 18.1 Å². The summed E-state index contributed by atoms with van der Waals surface area (Å²) in [6.07, 6.45) is 2.16. The highest BCUT2D eigenvalue weighted by Crippen LogP contribution is 2.25. The van der Waals surface area contributed by atoms with Crippen LogP contribution in [-0.4, -0.2) is 48.2 Å². The molecule has 1 aliphatic rings. The Kier molecular flexibility index (Phi) is 6.05. The summed E-state index contributed by atoms with van der Waals surface area (Å²) in [5, 5.41) is 14.7. The quantitative estimate of drug-likeness (QED) is 0.371. The molecule has 176 valence electrons. The van der Waals surface area contributed by atoms with Crippen molar-refractivity contribution in [1.29, 1.82) is 0 Å². The molecule has 3 aromatic heterocycles. The zero-order valence-electron chi connectivity index (χ0n) is 17.8. The van der Waals surface area contributed by atoms with Gasteiger partial charge in [-0.15, -0.1) is 15.3 Å². The molecule has 0 spiro atoms. The van der Waals surface area contributed by atoms with Crippen LogP contribution in [0.2, 0.25) is 0 Å². The van der Waals surface area contributed by atoms with Gasteiger partial charge in [0.2, 0.25) is 5.89 Å². The molecule has 0 unspecified atom stereocenters. The van der Waals surface area contributed by atoms with Gasteiger partial charge < -0.3 is 4.42 Å². The standard InChI is InChI=1S/C22H19F4N7O/c23-16-7-13(3-4-14(16)10-32-5-1-2-6-32)18-11-33(31-28-18)12-19-17(24)8-15(9-27-19)21-29-30-22(34-21)20(25)26/h3-4,7-9,11,20H,1-2,5-6,10,12H2. The van der Waals surface area contributed by atoms with Crippen LogP contribution in [0.4, 0.5) is 17.6 Å². The number of hydrogen-bond acceptors (Lipinski definition) is 7. The molecule has 0 radical (unpaired) electrons. The first-order valence-corrected chi connectivity index (χ1v) is 10.6. The largest absolute Gasteiger partial charge is 0.415 e. The molecule has 0 bridgehead atoms. The summed E-state index contributed by atoms with van der Waals surface area (Å²) in [6.45, 7) is 2.49. The van der Waals surface area contributed by atoms with Gasteiger partial charge in [0.15, 0.2) is 0 Å². The molecule has 1 fully saturated rings. The van der Waals surface area contributed by atoms with E-state index in [-0.39, 0.29) is 29.5 Å². The second-order valence-corrected chi connectivity index (χ2v) is 7.99. The van der Waals surface area contributed by atoms with Crippen molar-refractivity contribution in [3.63, 3.8) is 0 Å². The maximum absolute atomic E-state index is 14.6. The number of likely N-dealkylation sites (tertiary alicyclic amines) is 1. The number of benzene rings is 1. The van der Waals surface area contributed by atoms with Gasteiger partial charge in [-0.3, -0.25) is 9.88 Å². The summed E-state index contributed by atoms with van der Waals surface area (Å²) in [5.41, 5.74) is 1.75. The molecule has 12 heteroatoms. The number of hydrogen-bond donors (Lipinski definition) is 0. The zero-order valence-corrected chi connectivity index (χ0v) is 17.8. The summed E-state index contributed by atoms with van der Waals surface area (Å²) >= 11 is 0. The third kappa shape index (κ3) is 4.67. The van der Waals surface area contributed by atoms with E-state index in [1.54, 1.807) is 18.3 Å². The summed E-state index contributed by atoms with van der Waals surface area (Å²) < 4.78 is 60.6. The summed E-state index contributed by atoms with van der Waals surface area (Å²) in [4.78, 5) is 6.24. The van der Waals surface area contributed by atoms with Gasteiger partial charge in [-0.2, -0.15) is 8.78 Å². The normalized spacial score (nSPS) is 14.4. The summed E-state index contributed by atoms with van der Waals surface area (Å²) in [7, 11) is 0. The van der Waals surface area contributed by atoms with Crippen LogP contribution >= 0.6 is 0 Å². The van der Waals surface area contributed by atoms with Gasteiger partial charge in [0.25, 0.3) is 5.89 Å². The van der Waals surface area contributed by atoms with E-state index in [0.29, 0.717) is 23.4 Å². The minimum Gasteiger partial charge on any atom is -0.415 e. The monoisotopic (exact) mass is 473 g/mol. The lowest BCUT2D eigenvalue weighted by Gasteiger charge is -2.15. The van der Waals surface area contributed by atoms with E-state index >= 15 is 0 Å². The number of alkyl halides is 2. The predicted molar refractivity (Wildman–Crippen MR) is 111 cm³/mol. The molecular formula is C22H19F4N7O. The number of aromatic nitrogens is 6. The molecule has 4 heterocycles. The van der Waals surface area contributed by atoms with Gasteiger partial charge in [0, 0.05) is 23.9 Å². The van der Waals surface area contributed by atoms with Crippen LogP contribution < -0.4 is 0 Å². The smallest absolute Gasteiger partial charge is 0.314 e. The Bertz CT molecular complexity index is 1300. The average Bonchev–Trinajstić information content (AvgIpc) is 3.58. The van der Waals surface area contributed by atoms with Gasteiger partial charge in [-0.1, -0.05) is 17.3 Å². The Balaban J connectivity index is 1.29. The number of nitrogens with zero attached hydrogens (tertiary/aromatic N) is 7. The maximum atomic E-state index is 14.6.